The third-order valence-corrected chi connectivity index (χ3v) is 3.37. The van der Waals surface area contributed by atoms with Gasteiger partial charge in [-0.15, -0.1) is 0 Å². The lowest BCUT2D eigenvalue weighted by atomic mass is 10.1. The van der Waals surface area contributed by atoms with Gasteiger partial charge in [-0.3, -0.25) is 0 Å². The fourth-order valence-electron chi connectivity index (χ4n) is 1.74. The Hall–Kier alpha value is -1.80. The molecule has 19 heavy (non-hydrogen) atoms. The highest BCUT2D eigenvalue weighted by atomic mass is 35.5. The third-order valence-electron chi connectivity index (χ3n) is 2.99. The van der Waals surface area contributed by atoms with Gasteiger partial charge in [0, 0.05) is 31.9 Å². The zero-order chi connectivity index (χ0) is 13.8. The third kappa shape index (κ3) is 3.58. The minimum Gasteiger partial charge on any atom is -0.378 e. The van der Waals surface area contributed by atoms with E-state index in [2.05, 4.69) is 41.3 Å². The Labute approximate surface area is 119 Å². The SMILES string of the molecule is CN(C)c1ccc(/C=C/c2cc[n+](C)c(Cl)c2)cc1. The van der Waals surface area contributed by atoms with Gasteiger partial charge in [-0.2, -0.15) is 4.57 Å². The monoisotopic (exact) mass is 273 g/mol. The van der Waals surface area contributed by atoms with Crippen molar-refractivity contribution in [3.63, 3.8) is 0 Å². The van der Waals surface area contributed by atoms with E-state index in [0.29, 0.717) is 0 Å². The predicted octanol–water partition coefficient (Wildman–Crippen LogP) is 3.40. The minimum atomic E-state index is 0.727. The molecule has 0 atom stereocenters. The molecule has 0 N–H and O–H groups in total. The van der Waals surface area contributed by atoms with Crippen LogP contribution in [0.25, 0.3) is 12.2 Å². The molecule has 0 bridgehead atoms. The van der Waals surface area contributed by atoms with Gasteiger partial charge in [0.25, 0.3) is 5.15 Å². The molecule has 3 heteroatoms. The van der Waals surface area contributed by atoms with E-state index in [1.807, 2.05) is 44.0 Å². The van der Waals surface area contributed by atoms with Crippen LogP contribution in [0.1, 0.15) is 11.1 Å². The highest BCUT2D eigenvalue weighted by Gasteiger charge is 2.01. The van der Waals surface area contributed by atoms with Crippen LogP contribution >= 0.6 is 11.6 Å². The molecule has 1 aromatic heterocycles. The molecule has 0 aliphatic heterocycles. The van der Waals surface area contributed by atoms with Crippen LogP contribution < -0.4 is 9.47 Å². The van der Waals surface area contributed by atoms with Gasteiger partial charge in [0.1, 0.15) is 7.05 Å². The maximum Gasteiger partial charge on any atom is 0.275 e. The molecule has 0 fully saturated rings. The Bertz CT molecular complexity index is 586. The lowest BCUT2D eigenvalue weighted by Crippen LogP contribution is -2.28. The van der Waals surface area contributed by atoms with E-state index in [1.54, 1.807) is 0 Å². The lowest BCUT2D eigenvalue weighted by molar-refractivity contribution is -0.669. The van der Waals surface area contributed by atoms with Gasteiger partial charge in [0.2, 0.25) is 0 Å². The highest BCUT2D eigenvalue weighted by Crippen LogP contribution is 2.15. The molecule has 2 nitrogen and oxygen atoms in total. The first-order valence-corrected chi connectivity index (χ1v) is 6.55. The maximum atomic E-state index is 6.07. The number of aromatic nitrogens is 1. The molecule has 0 aliphatic rings. The van der Waals surface area contributed by atoms with Gasteiger partial charge in [-0.25, -0.2) is 0 Å². The number of anilines is 1. The normalized spacial score (nSPS) is 10.9. The summed E-state index contributed by atoms with van der Waals surface area (Å²) in [4.78, 5) is 2.09. The minimum absolute atomic E-state index is 0.727. The molecule has 1 heterocycles. The summed E-state index contributed by atoms with van der Waals surface area (Å²) in [5.74, 6) is 0. The van der Waals surface area contributed by atoms with E-state index in [1.165, 1.54) is 11.3 Å². The second kappa shape index (κ2) is 5.89. The van der Waals surface area contributed by atoms with Crippen LogP contribution in [0.15, 0.2) is 42.6 Å². The summed E-state index contributed by atoms with van der Waals surface area (Å²) < 4.78 is 1.88. The van der Waals surface area contributed by atoms with Crippen molar-refractivity contribution in [1.29, 1.82) is 0 Å². The molecule has 2 rings (SSSR count). The van der Waals surface area contributed by atoms with Gasteiger partial charge in [0.05, 0.1) is 0 Å². The van der Waals surface area contributed by atoms with Crippen LogP contribution in [0.5, 0.6) is 0 Å². The molecule has 0 aliphatic carbocycles. The average Bonchev–Trinajstić information content (AvgIpc) is 2.40. The van der Waals surface area contributed by atoms with Crippen molar-refractivity contribution in [2.45, 2.75) is 0 Å². The summed E-state index contributed by atoms with van der Waals surface area (Å²) >= 11 is 6.07. The summed E-state index contributed by atoms with van der Waals surface area (Å²) in [6.07, 6.45) is 6.11. The van der Waals surface area contributed by atoms with Crippen LogP contribution in [0, 0.1) is 0 Å². The number of halogens is 1. The highest BCUT2D eigenvalue weighted by molar-refractivity contribution is 6.28. The number of hydrogen-bond acceptors (Lipinski definition) is 1. The molecule has 0 unspecified atom stereocenters. The van der Waals surface area contributed by atoms with Crippen molar-refractivity contribution in [3.8, 4) is 0 Å². The molecule has 2 aromatic rings. The smallest absolute Gasteiger partial charge is 0.275 e. The fraction of sp³-hybridized carbons (Fsp3) is 0.188. The number of pyridine rings is 1. The Kier molecular flexibility index (Phi) is 4.23. The van der Waals surface area contributed by atoms with Crippen molar-refractivity contribution in [2.24, 2.45) is 7.05 Å². The van der Waals surface area contributed by atoms with Gasteiger partial charge in [0.15, 0.2) is 6.20 Å². The summed E-state index contributed by atoms with van der Waals surface area (Å²) in [7, 11) is 6.00. The van der Waals surface area contributed by atoms with Crippen LogP contribution in [-0.4, -0.2) is 14.1 Å². The summed E-state index contributed by atoms with van der Waals surface area (Å²) in [5, 5.41) is 0.727. The zero-order valence-corrected chi connectivity index (χ0v) is 12.2. The largest absolute Gasteiger partial charge is 0.378 e. The van der Waals surface area contributed by atoms with Crippen LogP contribution in [-0.2, 0) is 7.05 Å². The number of hydrogen-bond donors (Lipinski definition) is 0. The Morgan fingerprint density at radius 2 is 1.63 bits per heavy atom. The molecular formula is C16H18ClN2+. The second-order valence-corrected chi connectivity index (χ2v) is 5.10. The quantitative estimate of drug-likeness (QED) is 0.614. The van der Waals surface area contributed by atoms with Crippen molar-refractivity contribution >= 4 is 29.4 Å². The summed E-state index contributed by atoms with van der Waals surface area (Å²) in [6.45, 7) is 0. The average molecular weight is 274 g/mol. The molecular weight excluding hydrogens is 256 g/mol. The lowest BCUT2D eigenvalue weighted by Gasteiger charge is -2.11. The van der Waals surface area contributed by atoms with E-state index >= 15 is 0 Å². The summed E-state index contributed by atoms with van der Waals surface area (Å²) in [5.41, 5.74) is 3.47. The molecule has 0 saturated heterocycles. The number of benzene rings is 1. The van der Waals surface area contributed by atoms with Crippen LogP contribution in [0.4, 0.5) is 5.69 Å². The van der Waals surface area contributed by atoms with E-state index in [-0.39, 0.29) is 0 Å². The molecule has 0 spiro atoms. The Balaban J connectivity index is 2.15. The maximum absolute atomic E-state index is 6.07. The molecule has 98 valence electrons. The molecule has 1 aromatic carbocycles. The Morgan fingerprint density at radius 3 is 2.21 bits per heavy atom. The van der Waals surface area contributed by atoms with E-state index in [0.717, 1.165) is 10.7 Å². The van der Waals surface area contributed by atoms with Crippen molar-refractivity contribution < 1.29 is 4.57 Å². The number of nitrogens with zero attached hydrogens (tertiary/aromatic N) is 2. The Morgan fingerprint density at radius 1 is 1.00 bits per heavy atom. The first kappa shape index (κ1) is 13.6. The molecule has 0 amide bonds. The molecule has 0 saturated carbocycles. The topological polar surface area (TPSA) is 7.12 Å². The first-order chi connectivity index (χ1) is 9.06. The molecule has 0 radical (unpaired) electrons. The number of aryl methyl sites for hydroxylation is 1. The van der Waals surface area contributed by atoms with Gasteiger partial charge in [-0.1, -0.05) is 24.3 Å². The van der Waals surface area contributed by atoms with E-state index in [9.17, 15) is 0 Å². The summed E-state index contributed by atoms with van der Waals surface area (Å²) in [6, 6.07) is 12.4. The van der Waals surface area contributed by atoms with Crippen LogP contribution in [0.2, 0.25) is 5.15 Å². The van der Waals surface area contributed by atoms with Crippen molar-refractivity contribution in [1.82, 2.24) is 0 Å². The zero-order valence-electron chi connectivity index (χ0n) is 11.5. The van der Waals surface area contributed by atoms with Gasteiger partial charge < -0.3 is 4.90 Å². The standard InChI is InChI=1S/C16H18ClN2/c1-18(2)15-8-6-13(7-9-15)4-5-14-10-11-19(3)16(17)12-14/h4-12H,1-3H3/q+1. The fourth-order valence-corrected chi connectivity index (χ4v) is 1.92. The number of rotatable bonds is 3. The first-order valence-electron chi connectivity index (χ1n) is 6.17. The second-order valence-electron chi connectivity index (χ2n) is 4.71. The van der Waals surface area contributed by atoms with Crippen LogP contribution in [0.3, 0.4) is 0 Å². The van der Waals surface area contributed by atoms with E-state index < -0.39 is 0 Å². The predicted molar refractivity (Wildman–Crippen MR) is 82.3 cm³/mol. The van der Waals surface area contributed by atoms with E-state index in [4.69, 9.17) is 11.6 Å². The van der Waals surface area contributed by atoms with Crippen molar-refractivity contribution in [3.05, 3.63) is 58.9 Å². The van der Waals surface area contributed by atoms with Gasteiger partial charge in [-0.05, 0) is 34.9 Å². The van der Waals surface area contributed by atoms with Crippen molar-refractivity contribution in [2.75, 3.05) is 19.0 Å². The van der Waals surface area contributed by atoms with Gasteiger partial charge >= 0.3 is 0 Å².